The Bertz CT molecular complexity index is 1000. The van der Waals surface area contributed by atoms with E-state index in [1.165, 1.54) is 37.7 Å². The molecule has 4 rings (SSSR count). The molecule has 7 heteroatoms. The zero-order valence-corrected chi connectivity index (χ0v) is 22.1. The smallest absolute Gasteiger partial charge is 0.255 e. The van der Waals surface area contributed by atoms with Gasteiger partial charge in [0.05, 0.1) is 30.7 Å². The maximum atomic E-state index is 12.7. The van der Waals surface area contributed by atoms with Crippen LogP contribution in [0.2, 0.25) is 10.0 Å². The van der Waals surface area contributed by atoms with Gasteiger partial charge in [-0.15, -0.1) is 0 Å². The number of anilines is 1. The van der Waals surface area contributed by atoms with Crippen molar-refractivity contribution in [3.63, 3.8) is 0 Å². The van der Waals surface area contributed by atoms with E-state index in [2.05, 4.69) is 31.5 Å². The number of halogens is 3. The summed E-state index contributed by atoms with van der Waals surface area (Å²) in [5.74, 6) is 0.344. The van der Waals surface area contributed by atoms with Crippen LogP contribution in [0.1, 0.15) is 43.2 Å². The van der Waals surface area contributed by atoms with Crippen molar-refractivity contribution in [3.8, 4) is 5.75 Å². The minimum atomic E-state index is -0.178. The summed E-state index contributed by atoms with van der Waals surface area (Å²) in [6, 6.07) is 12.4. The second-order valence-electron chi connectivity index (χ2n) is 9.12. The fraction of sp³-hybridized carbons (Fsp3) is 0.400. The summed E-state index contributed by atoms with van der Waals surface area (Å²) >= 11 is 12.2. The Balaban J connectivity index is 0.00000289. The van der Waals surface area contributed by atoms with Gasteiger partial charge in [-0.05, 0) is 56.0 Å². The van der Waals surface area contributed by atoms with E-state index < -0.39 is 0 Å². The molecule has 32 heavy (non-hydrogen) atoms. The summed E-state index contributed by atoms with van der Waals surface area (Å²) in [4.78, 5) is 12.7. The summed E-state index contributed by atoms with van der Waals surface area (Å²) in [6.07, 6.45) is 8.51. The van der Waals surface area contributed by atoms with E-state index in [-0.39, 0.29) is 36.5 Å². The SMILES string of the molecule is C[N+](C)(Cc1ccc(NC(=O)C2=Cc3ccc(Cl)c(Cl)c3OC2)cc1)C1CCCCC1.[I-]. The molecule has 172 valence electrons. The number of benzene rings is 2. The molecular weight excluding hydrogens is 558 g/mol. The van der Waals surface area contributed by atoms with Gasteiger partial charge < -0.3 is 38.5 Å². The number of amides is 1. The minimum Gasteiger partial charge on any atom is -1.00 e. The maximum absolute atomic E-state index is 12.7. The molecule has 1 aliphatic heterocycles. The molecule has 2 aromatic rings. The van der Waals surface area contributed by atoms with Crippen LogP contribution in [0.4, 0.5) is 5.69 Å². The quantitative estimate of drug-likeness (QED) is 0.431. The van der Waals surface area contributed by atoms with E-state index in [1.54, 1.807) is 18.2 Å². The highest BCUT2D eigenvalue weighted by Crippen LogP contribution is 2.38. The number of carbonyl (C=O) groups is 1. The summed E-state index contributed by atoms with van der Waals surface area (Å²) in [6.45, 7) is 1.15. The largest absolute Gasteiger partial charge is 1.00 e. The first-order valence-corrected chi connectivity index (χ1v) is 11.6. The average Bonchev–Trinajstić information content (AvgIpc) is 2.78. The van der Waals surface area contributed by atoms with E-state index in [0.717, 1.165) is 28.3 Å². The van der Waals surface area contributed by atoms with Crippen LogP contribution < -0.4 is 34.0 Å². The van der Waals surface area contributed by atoms with Gasteiger partial charge in [-0.3, -0.25) is 4.79 Å². The van der Waals surface area contributed by atoms with Crippen LogP contribution in [-0.2, 0) is 11.3 Å². The Morgan fingerprint density at radius 1 is 1.06 bits per heavy atom. The molecule has 1 saturated carbocycles. The van der Waals surface area contributed by atoms with Crippen molar-refractivity contribution in [1.29, 1.82) is 0 Å². The summed E-state index contributed by atoms with van der Waals surface area (Å²) in [5.41, 5.74) is 3.36. The molecule has 1 fully saturated rings. The van der Waals surface area contributed by atoms with Crippen LogP contribution in [0.25, 0.3) is 6.08 Å². The first-order chi connectivity index (χ1) is 14.8. The highest BCUT2D eigenvalue weighted by molar-refractivity contribution is 6.43. The first kappa shape index (κ1) is 25.3. The van der Waals surface area contributed by atoms with Gasteiger partial charge in [-0.2, -0.15) is 0 Å². The average molecular weight is 587 g/mol. The Morgan fingerprint density at radius 2 is 1.75 bits per heavy atom. The first-order valence-electron chi connectivity index (χ1n) is 10.9. The molecule has 0 aromatic heterocycles. The predicted molar refractivity (Wildman–Crippen MR) is 128 cm³/mol. The molecule has 1 amide bonds. The van der Waals surface area contributed by atoms with E-state index in [0.29, 0.717) is 21.4 Å². The van der Waals surface area contributed by atoms with E-state index in [1.807, 2.05) is 12.1 Å². The van der Waals surface area contributed by atoms with Crippen molar-refractivity contribution in [3.05, 3.63) is 63.1 Å². The van der Waals surface area contributed by atoms with Crippen LogP contribution >= 0.6 is 23.2 Å². The number of hydrogen-bond acceptors (Lipinski definition) is 2. The van der Waals surface area contributed by atoms with E-state index in [4.69, 9.17) is 27.9 Å². The topological polar surface area (TPSA) is 38.3 Å². The van der Waals surface area contributed by atoms with Gasteiger partial charge in [0.1, 0.15) is 23.9 Å². The second kappa shape index (κ2) is 10.8. The van der Waals surface area contributed by atoms with Gasteiger partial charge in [0.2, 0.25) is 0 Å². The fourth-order valence-corrected chi connectivity index (χ4v) is 4.98. The lowest BCUT2D eigenvalue weighted by Crippen LogP contribution is -3.00. The summed E-state index contributed by atoms with van der Waals surface area (Å²) in [5, 5.41) is 3.78. The second-order valence-corrected chi connectivity index (χ2v) is 9.90. The zero-order chi connectivity index (χ0) is 22.0. The zero-order valence-electron chi connectivity index (χ0n) is 18.5. The summed E-state index contributed by atoms with van der Waals surface area (Å²) < 4.78 is 6.71. The molecule has 2 aromatic carbocycles. The molecule has 1 N–H and O–H groups in total. The Kier molecular flexibility index (Phi) is 8.53. The number of rotatable bonds is 5. The summed E-state index contributed by atoms with van der Waals surface area (Å²) in [7, 11) is 4.66. The predicted octanol–water partition coefficient (Wildman–Crippen LogP) is 3.32. The number of quaternary nitrogens is 1. The lowest BCUT2D eigenvalue weighted by atomic mass is 9.92. The fourth-order valence-electron chi connectivity index (χ4n) is 4.60. The van der Waals surface area contributed by atoms with Crippen molar-refractivity contribution >= 4 is 40.9 Å². The van der Waals surface area contributed by atoms with E-state index >= 15 is 0 Å². The molecule has 0 atom stereocenters. The third kappa shape index (κ3) is 5.79. The molecule has 0 bridgehead atoms. The molecule has 0 unspecified atom stereocenters. The monoisotopic (exact) mass is 586 g/mol. The molecule has 0 radical (unpaired) electrons. The van der Waals surface area contributed by atoms with Crippen LogP contribution in [0.5, 0.6) is 5.75 Å². The van der Waals surface area contributed by atoms with Crippen molar-refractivity contribution in [1.82, 2.24) is 0 Å². The van der Waals surface area contributed by atoms with Crippen molar-refractivity contribution < 1.29 is 38.0 Å². The standard InChI is InChI=1S/C25H28Cl2N2O2.HI/c1-29(2,21-6-4-3-5-7-21)15-17-8-11-20(12-9-17)28-25(30)19-14-18-10-13-22(26)23(27)24(18)31-16-19;/h8-14,21H,3-7,15-16H2,1-2H3;1H. The third-order valence-corrected chi connectivity index (χ3v) is 7.23. The molecule has 0 spiro atoms. The number of hydrogen-bond donors (Lipinski definition) is 1. The molecule has 1 heterocycles. The van der Waals surface area contributed by atoms with Crippen LogP contribution in [-0.4, -0.2) is 37.1 Å². The Labute approximate surface area is 217 Å². The van der Waals surface area contributed by atoms with Crippen LogP contribution in [0, 0.1) is 0 Å². The van der Waals surface area contributed by atoms with Gasteiger partial charge in [-0.25, -0.2) is 0 Å². The van der Waals surface area contributed by atoms with Gasteiger partial charge in [-0.1, -0.05) is 41.8 Å². The minimum absolute atomic E-state index is 0. The number of fused-ring (bicyclic) bond motifs is 1. The lowest BCUT2D eigenvalue weighted by molar-refractivity contribution is -0.929. The van der Waals surface area contributed by atoms with Gasteiger partial charge in [0, 0.05) is 16.8 Å². The van der Waals surface area contributed by atoms with Crippen LogP contribution in [0.3, 0.4) is 0 Å². The molecule has 2 aliphatic rings. The molecule has 1 aliphatic carbocycles. The number of ether oxygens (including phenoxy) is 1. The number of carbonyl (C=O) groups excluding carboxylic acids is 1. The van der Waals surface area contributed by atoms with Crippen molar-refractivity contribution in [2.45, 2.75) is 44.7 Å². The molecule has 0 saturated heterocycles. The highest BCUT2D eigenvalue weighted by atomic mass is 127. The van der Waals surface area contributed by atoms with Crippen LogP contribution in [0.15, 0.2) is 42.0 Å². The van der Waals surface area contributed by atoms with Gasteiger partial charge >= 0.3 is 0 Å². The van der Waals surface area contributed by atoms with Crippen molar-refractivity contribution in [2.75, 3.05) is 26.0 Å². The highest BCUT2D eigenvalue weighted by Gasteiger charge is 2.29. The number of nitrogens with one attached hydrogen (secondary N) is 1. The Hall–Kier alpha value is -1.28. The maximum Gasteiger partial charge on any atom is 0.255 e. The van der Waals surface area contributed by atoms with Gasteiger partial charge in [0.15, 0.2) is 0 Å². The molecule has 4 nitrogen and oxygen atoms in total. The van der Waals surface area contributed by atoms with Crippen molar-refractivity contribution in [2.24, 2.45) is 0 Å². The third-order valence-electron chi connectivity index (χ3n) is 6.44. The van der Waals surface area contributed by atoms with Gasteiger partial charge in [0.25, 0.3) is 5.91 Å². The Morgan fingerprint density at radius 3 is 2.44 bits per heavy atom. The number of nitrogens with zero attached hydrogens (tertiary/aromatic N) is 1. The lowest BCUT2D eigenvalue weighted by Gasteiger charge is -2.40. The molecular formula is C25H29Cl2IN2O2. The normalized spacial score (nSPS) is 16.3. The van der Waals surface area contributed by atoms with E-state index in [9.17, 15) is 4.79 Å².